The summed E-state index contributed by atoms with van der Waals surface area (Å²) in [4.78, 5) is 23.4. The fraction of sp³-hybridized carbons (Fsp3) is 0.941. The molecule has 0 aromatic rings. The molecule has 0 heterocycles. The monoisotopic (exact) mass is 397 g/mol. The van der Waals surface area contributed by atoms with E-state index in [1.54, 1.807) is 7.05 Å². The highest BCUT2D eigenvalue weighted by atomic mass is 31.2. The minimum atomic E-state index is -4.24. The number of rotatable bonds is 14. The molecule has 1 amide bonds. The summed E-state index contributed by atoms with van der Waals surface area (Å²) in [5, 5.41) is 10.4. The molecule has 3 atom stereocenters. The summed E-state index contributed by atoms with van der Waals surface area (Å²) < 4.78 is 22.7. The number of unbranched alkanes of at least 4 members (excludes halogenated alkanes) is 1. The van der Waals surface area contributed by atoms with Crippen molar-refractivity contribution in [2.75, 3.05) is 47.9 Å². The zero-order chi connectivity index (χ0) is 20.4. The maximum absolute atomic E-state index is 12.2. The first-order valence-corrected chi connectivity index (χ1v) is 10.8. The highest BCUT2D eigenvalue weighted by Gasteiger charge is 2.31. The lowest BCUT2D eigenvalue weighted by Crippen LogP contribution is -2.47. The van der Waals surface area contributed by atoms with Gasteiger partial charge in [0.2, 0.25) is 5.91 Å². The third-order valence-corrected chi connectivity index (χ3v) is 5.06. The van der Waals surface area contributed by atoms with Crippen LogP contribution >= 0.6 is 7.82 Å². The summed E-state index contributed by atoms with van der Waals surface area (Å²) in [5.41, 5.74) is 0. The molecule has 9 heteroatoms. The van der Waals surface area contributed by atoms with Gasteiger partial charge >= 0.3 is 7.82 Å². The van der Waals surface area contributed by atoms with Crippen LogP contribution in [0.1, 0.15) is 46.0 Å². The maximum atomic E-state index is 12.2. The predicted octanol–water partition coefficient (Wildman–Crippen LogP) is 2.00. The van der Waals surface area contributed by atoms with Crippen LogP contribution in [-0.2, 0) is 18.4 Å². The van der Waals surface area contributed by atoms with E-state index in [0.29, 0.717) is 30.3 Å². The first-order chi connectivity index (χ1) is 11.9. The topological polar surface area (TPSA) is 96.3 Å². The van der Waals surface area contributed by atoms with E-state index in [2.05, 4.69) is 0 Å². The Hall–Kier alpha value is -0.500. The molecular formula is C17H38N2O6P+. The van der Waals surface area contributed by atoms with Crippen LogP contribution < -0.4 is 0 Å². The number of phosphoric acid groups is 1. The van der Waals surface area contributed by atoms with Gasteiger partial charge in [-0.2, -0.15) is 0 Å². The second-order valence-electron chi connectivity index (χ2n) is 7.64. The summed E-state index contributed by atoms with van der Waals surface area (Å²) >= 11 is 0. The first kappa shape index (κ1) is 25.5. The van der Waals surface area contributed by atoms with Crippen molar-refractivity contribution in [3.8, 4) is 0 Å². The second kappa shape index (κ2) is 12.1. The Balaban J connectivity index is 4.83. The number of quaternary nitrogens is 1. The molecule has 0 spiro atoms. The van der Waals surface area contributed by atoms with Gasteiger partial charge in [0.25, 0.3) is 0 Å². The number of hydrogen-bond donors (Lipinski definition) is 2. The third kappa shape index (κ3) is 11.3. The van der Waals surface area contributed by atoms with E-state index < -0.39 is 20.0 Å². The smallest absolute Gasteiger partial charge is 0.391 e. The number of aliphatic hydroxyl groups excluding tert-OH is 1. The van der Waals surface area contributed by atoms with E-state index in [9.17, 15) is 19.4 Å². The first-order valence-electron chi connectivity index (χ1n) is 9.29. The van der Waals surface area contributed by atoms with Crippen molar-refractivity contribution in [2.45, 2.75) is 58.1 Å². The average Bonchev–Trinajstić information content (AvgIpc) is 2.51. The van der Waals surface area contributed by atoms with Crippen molar-refractivity contribution in [3.05, 3.63) is 0 Å². The van der Waals surface area contributed by atoms with Gasteiger partial charge < -0.3 is 19.4 Å². The second-order valence-corrected chi connectivity index (χ2v) is 9.10. The SMILES string of the molecule is CCCC[C@@H](O)[C@H](COP(=O)(O)OCC[N+](C)(C)C)N(C)C(=O)CCC. The molecule has 0 aliphatic heterocycles. The molecule has 0 saturated heterocycles. The summed E-state index contributed by atoms with van der Waals surface area (Å²) in [6.45, 7) is 4.27. The standard InChI is InChI=1S/C17H37N2O6P/c1-7-9-11-16(20)15(18(3)17(21)10-8-2)14-25-26(22,23)24-13-12-19(4,5)6/h15-16,20H,7-14H2,1-6H3/p+1/t15-,16+/m0/s1. The van der Waals surface area contributed by atoms with Crippen molar-refractivity contribution in [3.63, 3.8) is 0 Å². The van der Waals surface area contributed by atoms with Crippen molar-refractivity contribution >= 4 is 13.7 Å². The molecule has 0 aromatic carbocycles. The van der Waals surface area contributed by atoms with Crippen molar-refractivity contribution in [1.82, 2.24) is 4.90 Å². The Morgan fingerprint density at radius 1 is 1.19 bits per heavy atom. The lowest BCUT2D eigenvalue weighted by Gasteiger charge is -2.32. The Bertz CT molecular complexity index is 455. The number of carbonyl (C=O) groups excluding carboxylic acids is 1. The van der Waals surface area contributed by atoms with Crippen LogP contribution in [0.4, 0.5) is 0 Å². The molecule has 0 fully saturated rings. The minimum Gasteiger partial charge on any atom is -0.391 e. The fourth-order valence-electron chi connectivity index (χ4n) is 2.30. The fourth-order valence-corrected chi connectivity index (χ4v) is 3.03. The van der Waals surface area contributed by atoms with Crippen LogP contribution in [0.15, 0.2) is 0 Å². The Labute approximate surface area is 158 Å². The van der Waals surface area contributed by atoms with E-state index in [0.717, 1.165) is 12.8 Å². The van der Waals surface area contributed by atoms with Crippen LogP contribution in [0.5, 0.6) is 0 Å². The molecule has 0 aliphatic rings. The third-order valence-electron chi connectivity index (χ3n) is 4.08. The molecule has 0 aliphatic carbocycles. The van der Waals surface area contributed by atoms with Gasteiger partial charge in [-0.3, -0.25) is 13.8 Å². The molecule has 2 N–H and O–H groups in total. The molecule has 26 heavy (non-hydrogen) atoms. The highest BCUT2D eigenvalue weighted by Crippen LogP contribution is 2.43. The summed E-state index contributed by atoms with van der Waals surface area (Å²) in [7, 11) is 3.18. The molecule has 8 nitrogen and oxygen atoms in total. The Morgan fingerprint density at radius 3 is 2.31 bits per heavy atom. The number of nitrogens with zero attached hydrogens (tertiary/aromatic N) is 2. The summed E-state index contributed by atoms with van der Waals surface area (Å²) in [6.07, 6.45) is 2.41. The predicted molar refractivity (Wildman–Crippen MR) is 102 cm³/mol. The van der Waals surface area contributed by atoms with Gasteiger partial charge in [0, 0.05) is 13.5 Å². The lowest BCUT2D eigenvalue weighted by molar-refractivity contribution is -0.870. The van der Waals surface area contributed by atoms with E-state index in [-0.39, 0.29) is 19.1 Å². The molecule has 0 radical (unpaired) electrons. The Kier molecular flexibility index (Phi) is 11.8. The summed E-state index contributed by atoms with van der Waals surface area (Å²) in [6, 6.07) is -0.692. The van der Waals surface area contributed by atoms with Crippen LogP contribution in [0, 0.1) is 0 Å². The molecule has 1 unspecified atom stereocenters. The van der Waals surface area contributed by atoms with Crippen LogP contribution in [0.25, 0.3) is 0 Å². The zero-order valence-corrected chi connectivity index (χ0v) is 18.1. The molecular weight excluding hydrogens is 359 g/mol. The zero-order valence-electron chi connectivity index (χ0n) is 17.2. The van der Waals surface area contributed by atoms with E-state index >= 15 is 0 Å². The van der Waals surface area contributed by atoms with Gasteiger partial charge in [0.05, 0.1) is 39.9 Å². The largest absolute Gasteiger partial charge is 0.472 e. The van der Waals surface area contributed by atoms with Crippen LogP contribution in [0.3, 0.4) is 0 Å². The molecule has 0 rings (SSSR count). The number of phosphoric ester groups is 1. The number of aliphatic hydroxyl groups is 1. The van der Waals surface area contributed by atoms with E-state index in [1.165, 1.54) is 4.90 Å². The van der Waals surface area contributed by atoms with Gasteiger partial charge in [-0.15, -0.1) is 0 Å². The van der Waals surface area contributed by atoms with Crippen molar-refractivity contribution in [1.29, 1.82) is 0 Å². The Morgan fingerprint density at radius 2 is 1.81 bits per heavy atom. The number of carbonyl (C=O) groups is 1. The molecule has 0 aromatic heterocycles. The quantitative estimate of drug-likeness (QED) is 0.344. The number of amides is 1. The van der Waals surface area contributed by atoms with E-state index in [4.69, 9.17) is 9.05 Å². The van der Waals surface area contributed by atoms with Crippen molar-refractivity contribution in [2.24, 2.45) is 0 Å². The average molecular weight is 397 g/mol. The lowest BCUT2D eigenvalue weighted by atomic mass is 10.0. The van der Waals surface area contributed by atoms with Gasteiger partial charge in [-0.1, -0.05) is 26.7 Å². The minimum absolute atomic E-state index is 0.0743. The van der Waals surface area contributed by atoms with Crippen LogP contribution in [0.2, 0.25) is 0 Å². The van der Waals surface area contributed by atoms with Gasteiger partial charge in [0.1, 0.15) is 13.2 Å². The van der Waals surface area contributed by atoms with Crippen molar-refractivity contribution < 1.29 is 32.9 Å². The van der Waals surface area contributed by atoms with Gasteiger partial charge in [-0.05, 0) is 12.8 Å². The molecule has 156 valence electrons. The molecule has 0 saturated carbocycles. The van der Waals surface area contributed by atoms with Gasteiger partial charge in [0.15, 0.2) is 0 Å². The maximum Gasteiger partial charge on any atom is 0.472 e. The summed E-state index contributed by atoms with van der Waals surface area (Å²) in [5.74, 6) is -0.129. The van der Waals surface area contributed by atoms with E-state index in [1.807, 2.05) is 35.0 Å². The molecule has 0 bridgehead atoms. The van der Waals surface area contributed by atoms with Crippen LogP contribution in [-0.4, -0.2) is 85.4 Å². The highest BCUT2D eigenvalue weighted by molar-refractivity contribution is 7.47. The number of hydrogen-bond acceptors (Lipinski definition) is 5. The normalized spacial score (nSPS) is 16.8. The van der Waals surface area contributed by atoms with Gasteiger partial charge in [-0.25, -0.2) is 4.57 Å². The number of likely N-dealkylation sites (N-methyl/N-ethyl adjacent to an activating group) is 2.